The Morgan fingerprint density at radius 3 is 2.50 bits per heavy atom. The van der Waals surface area contributed by atoms with Crippen LogP contribution in [0.2, 0.25) is 0 Å². The number of carbonyl (C=O) groups is 1. The number of nitrogens with one attached hydrogen (secondary N) is 1. The molecule has 4 rings (SSSR count). The zero-order valence-electron chi connectivity index (χ0n) is 18.0. The predicted molar refractivity (Wildman–Crippen MR) is 130 cm³/mol. The molecule has 0 atom stereocenters. The lowest BCUT2D eigenvalue weighted by molar-refractivity contribution is -0.384. The first kappa shape index (κ1) is 22.2. The SMILES string of the molecule is N#CC(=Cc1cccc(OCc2cccc3ccccc23)c1)C(=O)Nc1ccc([N+](=O)[O-])cc1. The van der Waals surface area contributed by atoms with Crippen LogP contribution in [0.3, 0.4) is 0 Å². The molecule has 1 N–H and O–H groups in total. The van der Waals surface area contributed by atoms with Crippen molar-refractivity contribution >= 4 is 34.1 Å². The Bertz CT molecular complexity index is 1430. The topological polar surface area (TPSA) is 105 Å². The van der Waals surface area contributed by atoms with Gasteiger partial charge in [-0.2, -0.15) is 5.26 Å². The van der Waals surface area contributed by atoms with E-state index < -0.39 is 10.8 Å². The van der Waals surface area contributed by atoms with Crippen molar-refractivity contribution in [3.63, 3.8) is 0 Å². The molecule has 4 aromatic rings. The van der Waals surface area contributed by atoms with Gasteiger partial charge in [0.25, 0.3) is 11.6 Å². The van der Waals surface area contributed by atoms with E-state index in [1.165, 1.54) is 30.3 Å². The number of benzene rings is 4. The minimum absolute atomic E-state index is 0.0886. The third-order valence-corrected chi connectivity index (χ3v) is 5.14. The molecule has 0 saturated heterocycles. The van der Waals surface area contributed by atoms with Crippen LogP contribution in [0.4, 0.5) is 11.4 Å². The zero-order chi connectivity index (χ0) is 23.9. The van der Waals surface area contributed by atoms with Crippen LogP contribution in [0.5, 0.6) is 5.75 Å². The number of rotatable bonds is 7. The van der Waals surface area contributed by atoms with Gasteiger partial charge in [-0.05, 0) is 52.2 Å². The Kier molecular flexibility index (Phi) is 6.61. The Morgan fingerprint density at radius 1 is 1.00 bits per heavy atom. The standard InChI is InChI=1S/C27H19N3O4/c28-17-22(27(31)29-23-11-13-24(14-12-23)30(32)33)15-19-5-3-9-25(16-19)34-18-21-8-4-7-20-6-1-2-10-26(20)21/h1-16H,18H2,(H,29,31). The number of ether oxygens (including phenoxy) is 1. The second-order valence-electron chi connectivity index (χ2n) is 7.43. The summed E-state index contributed by atoms with van der Waals surface area (Å²) in [4.78, 5) is 22.8. The monoisotopic (exact) mass is 449 g/mol. The van der Waals surface area contributed by atoms with Crippen molar-refractivity contribution in [2.24, 2.45) is 0 Å². The second-order valence-corrected chi connectivity index (χ2v) is 7.43. The molecule has 0 fully saturated rings. The third kappa shape index (κ3) is 5.26. The molecule has 0 spiro atoms. The molecule has 0 aliphatic carbocycles. The molecule has 0 bridgehead atoms. The molecule has 0 heterocycles. The van der Waals surface area contributed by atoms with Crippen LogP contribution < -0.4 is 10.1 Å². The molecule has 0 aliphatic rings. The van der Waals surface area contributed by atoms with E-state index in [4.69, 9.17) is 4.74 Å². The number of carbonyl (C=O) groups excluding carboxylic acids is 1. The van der Waals surface area contributed by atoms with Crippen LogP contribution in [0.15, 0.2) is 96.6 Å². The van der Waals surface area contributed by atoms with Gasteiger partial charge in [0.1, 0.15) is 24.0 Å². The van der Waals surface area contributed by atoms with Crippen LogP contribution in [0.1, 0.15) is 11.1 Å². The average molecular weight is 449 g/mol. The highest BCUT2D eigenvalue weighted by atomic mass is 16.6. The smallest absolute Gasteiger partial charge is 0.269 e. The second kappa shape index (κ2) is 10.1. The van der Waals surface area contributed by atoms with Crippen LogP contribution in [0, 0.1) is 21.4 Å². The quantitative estimate of drug-likeness (QED) is 0.164. The number of nitro groups is 1. The molecule has 1 amide bonds. The highest BCUT2D eigenvalue weighted by Crippen LogP contribution is 2.22. The lowest BCUT2D eigenvalue weighted by atomic mass is 10.1. The molecule has 166 valence electrons. The number of nitro benzene ring substituents is 1. The number of fused-ring (bicyclic) bond motifs is 1. The first-order valence-electron chi connectivity index (χ1n) is 10.4. The van der Waals surface area contributed by atoms with E-state index >= 15 is 0 Å². The van der Waals surface area contributed by atoms with E-state index in [0.29, 0.717) is 23.6 Å². The summed E-state index contributed by atoms with van der Waals surface area (Å²) >= 11 is 0. The molecule has 34 heavy (non-hydrogen) atoms. The fourth-order valence-corrected chi connectivity index (χ4v) is 3.45. The number of amides is 1. The van der Waals surface area contributed by atoms with Crippen molar-refractivity contribution in [2.75, 3.05) is 5.32 Å². The van der Waals surface area contributed by atoms with Crippen molar-refractivity contribution in [3.05, 3.63) is 118 Å². The molecular formula is C27H19N3O4. The normalized spacial score (nSPS) is 11.0. The molecule has 4 aromatic carbocycles. The van der Waals surface area contributed by atoms with Crippen LogP contribution in [-0.2, 0) is 11.4 Å². The van der Waals surface area contributed by atoms with Crippen molar-refractivity contribution in [3.8, 4) is 11.8 Å². The molecule has 0 aromatic heterocycles. The summed E-state index contributed by atoms with van der Waals surface area (Å²) in [5.74, 6) is -0.00631. The van der Waals surface area contributed by atoms with Crippen LogP contribution in [0.25, 0.3) is 16.8 Å². The van der Waals surface area contributed by atoms with E-state index in [1.54, 1.807) is 18.2 Å². The fourth-order valence-electron chi connectivity index (χ4n) is 3.45. The summed E-state index contributed by atoms with van der Waals surface area (Å²) in [5.41, 5.74) is 1.84. The molecule has 0 aliphatic heterocycles. The highest BCUT2D eigenvalue weighted by Gasteiger charge is 2.11. The van der Waals surface area contributed by atoms with Crippen molar-refractivity contribution in [1.82, 2.24) is 0 Å². The molecule has 7 heteroatoms. The Balaban J connectivity index is 1.47. The van der Waals surface area contributed by atoms with E-state index in [0.717, 1.165) is 16.3 Å². The number of non-ortho nitro benzene ring substituents is 1. The fraction of sp³-hybridized carbons (Fsp3) is 0.0370. The van der Waals surface area contributed by atoms with Gasteiger partial charge in [0, 0.05) is 17.8 Å². The van der Waals surface area contributed by atoms with Crippen LogP contribution >= 0.6 is 0 Å². The van der Waals surface area contributed by atoms with E-state index in [9.17, 15) is 20.2 Å². The third-order valence-electron chi connectivity index (χ3n) is 5.14. The molecule has 0 saturated carbocycles. The van der Waals surface area contributed by atoms with Gasteiger partial charge >= 0.3 is 0 Å². The molecular weight excluding hydrogens is 430 g/mol. The van der Waals surface area contributed by atoms with Gasteiger partial charge < -0.3 is 10.1 Å². The first-order valence-corrected chi connectivity index (χ1v) is 10.4. The number of nitrogens with zero attached hydrogens (tertiary/aromatic N) is 2. The summed E-state index contributed by atoms with van der Waals surface area (Å²) < 4.78 is 5.97. The van der Waals surface area contributed by atoms with Gasteiger partial charge in [-0.25, -0.2) is 0 Å². The van der Waals surface area contributed by atoms with Crippen molar-refractivity contribution in [1.29, 1.82) is 5.26 Å². The lowest BCUT2D eigenvalue weighted by Gasteiger charge is -2.10. The minimum Gasteiger partial charge on any atom is -0.489 e. The molecule has 7 nitrogen and oxygen atoms in total. The maximum absolute atomic E-state index is 12.5. The number of anilines is 1. The molecule has 0 radical (unpaired) electrons. The number of hydrogen-bond donors (Lipinski definition) is 1. The molecule has 0 unspecified atom stereocenters. The summed E-state index contributed by atoms with van der Waals surface area (Å²) in [6.45, 7) is 0.375. The van der Waals surface area contributed by atoms with Gasteiger partial charge in [-0.3, -0.25) is 14.9 Å². The average Bonchev–Trinajstić information content (AvgIpc) is 2.86. The van der Waals surface area contributed by atoms with E-state index in [2.05, 4.69) is 23.5 Å². The van der Waals surface area contributed by atoms with Crippen molar-refractivity contribution < 1.29 is 14.5 Å². The Labute approximate surface area is 195 Å². The van der Waals surface area contributed by atoms with Gasteiger partial charge in [-0.15, -0.1) is 0 Å². The number of hydrogen-bond acceptors (Lipinski definition) is 5. The maximum atomic E-state index is 12.5. The minimum atomic E-state index is -0.613. The summed E-state index contributed by atoms with van der Waals surface area (Å²) in [6.07, 6.45) is 1.46. The largest absolute Gasteiger partial charge is 0.489 e. The zero-order valence-corrected chi connectivity index (χ0v) is 18.0. The van der Waals surface area contributed by atoms with E-state index in [1.807, 2.05) is 36.4 Å². The van der Waals surface area contributed by atoms with Gasteiger partial charge in [-0.1, -0.05) is 54.6 Å². The number of nitriles is 1. The lowest BCUT2D eigenvalue weighted by Crippen LogP contribution is -2.13. The highest BCUT2D eigenvalue weighted by molar-refractivity contribution is 6.09. The summed E-state index contributed by atoms with van der Waals surface area (Å²) in [5, 5.41) is 25.1. The summed E-state index contributed by atoms with van der Waals surface area (Å²) in [7, 11) is 0. The van der Waals surface area contributed by atoms with Crippen LogP contribution in [-0.4, -0.2) is 10.8 Å². The van der Waals surface area contributed by atoms with Gasteiger partial charge in [0.2, 0.25) is 0 Å². The van der Waals surface area contributed by atoms with E-state index in [-0.39, 0.29) is 11.3 Å². The predicted octanol–water partition coefficient (Wildman–Crippen LogP) is 5.87. The first-order chi connectivity index (χ1) is 16.5. The Hall–Kier alpha value is -4.96. The summed E-state index contributed by atoms with van der Waals surface area (Å²) in [6, 6.07) is 28.5. The Morgan fingerprint density at radius 2 is 1.74 bits per heavy atom. The maximum Gasteiger partial charge on any atom is 0.269 e. The van der Waals surface area contributed by atoms with Gasteiger partial charge in [0.05, 0.1) is 4.92 Å². The van der Waals surface area contributed by atoms with Gasteiger partial charge in [0.15, 0.2) is 0 Å². The van der Waals surface area contributed by atoms with Crippen molar-refractivity contribution in [2.45, 2.75) is 6.61 Å².